The Bertz CT molecular complexity index is 1410. The van der Waals surface area contributed by atoms with Crippen molar-refractivity contribution in [2.45, 2.75) is 38.4 Å². The molecule has 2 aromatic carbocycles. The molecule has 1 fully saturated rings. The zero-order valence-corrected chi connectivity index (χ0v) is 21.6. The van der Waals surface area contributed by atoms with E-state index in [1.807, 2.05) is 71.5 Å². The molecule has 1 unspecified atom stereocenters. The maximum atomic E-state index is 13.1. The molecule has 0 radical (unpaired) electrons. The average Bonchev–Trinajstić information content (AvgIpc) is 3.33. The highest BCUT2D eigenvalue weighted by Crippen LogP contribution is 2.30. The highest BCUT2D eigenvalue weighted by Gasteiger charge is 2.29. The molecule has 1 atom stereocenters. The van der Waals surface area contributed by atoms with Crippen molar-refractivity contribution >= 4 is 26.9 Å². The van der Waals surface area contributed by atoms with Gasteiger partial charge in [-0.15, -0.1) is 0 Å². The summed E-state index contributed by atoms with van der Waals surface area (Å²) in [4.78, 5) is 12.1. The molecule has 3 heterocycles. The lowest BCUT2D eigenvalue weighted by molar-refractivity contribution is 0.383. The molecule has 9 heteroatoms. The van der Waals surface area contributed by atoms with Crippen molar-refractivity contribution in [3.05, 3.63) is 78.2 Å². The van der Waals surface area contributed by atoms with Crippen molar-refractivity contribution in [3.8, 4) is 5.69 Å². The van der Waals surface area contributed by atoms with E-state index in [9.17, 15) is 8.42 Å². The molecule has 0 amide bonds. The molecule has 0 bridgehead atoms. The molecule has 0 N–H and O–H groups in total. The van der Waals surface area contributed by atoms with Gasteiger partial charge in [0.2, 0.25) is 10.0 Å². The molecular weight excluding hydrogens is 472 g/mol. The normalized spacial score (nSPS) is 15.9. The van der Waals surface area contributed by atoms with Gasteiger partial charge in [0.05, 0.1) is 23.0 Å². The molecule has 0 aliphatic carbocycles. The molecule has 0 saturated carbocycles. The summed E-state index contributed by atoms with van der Waals surface area (Å²) >= 11 is 0. The summed E-state index contributed by atoms with van der Waals surface area (Å²) in [5, 5.41) is 5.53. The second-order valence-corrected chi connectivity index (χ2v) is 11.3. The number of benzene rings is 2. The van der Waals surface area contributed by atoms with Crippen LogP contribution >= 0.6 is 0 Å². The van der Waals surface area contributed by atoms with Gasteiger partial charge >= 0.3 is 0 Å². The highest BCUT2D eigenvalue weighted by atomic mass is 32.2. The summed E-state index contributed by atoms with van der Waals surface area (Å²) in [6, 6.07) is 19.3. The summed E-state index contributed by atoms with van der Waals surface area (Å²) in [5.41, 5.74) is 2.53. The SMILES string of the molecule is CCCC(C)c1nc(N2CCN(S(=O)(=O)Cc3ccccc3)CC2)c2cnn(-c3ccccc3)c2n1. The fraction of sp³-hybridized carbons (Fsp3) is 0.370. The van der Waals surface area contributed by atoms with Gasteiger partial charge in [-0.2, -0.15) is 9.40 Å². The van der Waals surface area contributed by atoms with Crippen LogP contribution in [0.1, 0.15) is 44.0 Å². The molecule has 1 aliphatic rings. The fourth-order valence-electron chi connectivity index (χ4n) is 4.75. The number of fused-ring (bicyclic) bond motifs is 1. The van der Waals surface area contributed by atoms with Gasteiger partial charge in [0.1, 0.15) is 11.6 Å². The predicted molar refractivity (Wildman–Crippen MR) is 143 cm³/mol. The van der Waals surface area contributed by atoms with E-state index in [0.717, 1.165) is 46.8 Å². The topological polar surface area (TPSA) is 84.2 Å². The van der Waals surface area contributed by atoms with E-state index in [1.165, 1.54) is 0 Å². The number of aromatic nitrogens is 4. The van der Waals surface area contributed by atoms with Gasteiger partial charge in [-0.25, -0.2) is 23.1 Å². The monoisotopic (exact) mass is 504 g/mol. The van der Waals surface area contributed by atoms with Crippen molar-refractivity contribution in [1.29, 1.82) is 0 Å². The lowest BCUT2D eigenvalue weighted by Gasteiger charge is -2.35. The Kier molecular flexibility index (Phi) is 7.02. The van der Waals surface area contributed by atoms with E-state index in [1.54, 1.807) is 4.31 Å². The van der Waals surface area contributed by atoms with E-state index in [0.29, 0.717) is 26.2 Å². The van der Waals surface area contributed by atoms with Gasteiger partial charge in [0.15, 0.2) is 5.65 Å². The van der Waals surface area contributed by atoms with E-state index in [4.69, 9.17) is 9.97 Å². The Morgan fingerprint density at radius 2 is 1.58 bits per heavy atom. The number of para-hydroxylation sites is 1. The minimum Gasteiger partial charge on any atom is -0.353 e. The van der Waals surface area contributed by atoms with E-state index in [2.05, 4.69) is 23.8 Å². The standard InChI is InChI=1S/C27H32N6O2S/c1-3-10-21(2)25-29-26(24-19-28-33(27(24)30-25)23-13-8-5-9-14-23)31-15-17-32(18-16-31)36(34,35)20-22-11-6-4-7-12-22/h4-9,11-14,19,21H,3,10,15-18,20H2,1-2H3. The lowest BCUT2D eigenvalue weighted by Crippen LogP contribution is -2.49. The van der Waals surface area contributed by atoms with Gasteiger partial charge in [0.25, 0.3) is 0 Å². The third kappa shape index (κ3) is 4.99. The number of nitrogens with zero attached hydrogens (tertiary/aromatic N) is 6. The molecule has 2 aromatic heterocycles. The van der Waals surface area contributed by atoms with E-state index >= 15 is 0 Å². The van der Waals surface area contributed by atoms with Crippen molar-refractivity contribution in [3.63, 3.8) is 0 Å². The highest BCUT2D eigenvalue weighted by molar-refractivity contribution is 7.88. The Hall–Kier alpha value is -3.30. The number of rotatable bonds is 8. The minimum absolute atomic E-state index is 0.0219. The molecular formula is C27H32N6O2S. The predicted octanol–water partition coefficient (Wildman–Crippen LogP) is 4.37. The third-order valence-electron chi connectivity index (χ3n) is 6.71. The molecule has 8 nitrogen and oxygen atoms in total. The first-order chi connectivity index (χ1) is 17.5. The number of anilines is 1. The van der Waals surface area contributed by atoms with Crippen LogP contribution in [-0.4, -0.2) is 58.7 Å². The van der Waals surface area contributed by atoms with Crippen LogP contribution in [0.15, 0.2) is 66.9 Å². The number of hydrogen-bond acceptors (Lipinski definition) is 6. The molecule has 4 aromatic rings. The number of sulfonamides is 1. The smallest absolute Gasteiger partial charge is 0.218 e. The lowest BCUT2D eigenvalue weighted by atomic mass is 10.1. The molecule has 1 aliphatic heterocycles. The van der Waals surface area contributed by atoms with Crippen LogP contribution in [0.5, 0.6) is 0 Å². The van der Waals surface area contributed by atoms with E-state index < -0.39 is 10.0 Å². The second kappa shape index (κ2) is 10.4. The maximum absolute atomic E-state index is 13.1. The van der Waals surface area contributed by atoms with Gasteiger partial charge in [0, 0.05) is 32.1 Å². The van der Waals surface area contributed by atoms with Crippen LogP contribution in [0.4, 0.5) is 5.82 Å². The Morgan fingerprint density at radius 3 is 2.25 bits per heavy atom. The van der Waals surface area contributed by atoms with Crippen molar-refractivity contribution in [2.75, 3.05) is 31.1 Å². The van der Waals surface area contributed by atoms with Gasteiger partial charge < -0.3 is 4.90 Å². The first-order valence-electron chi connectivity index (χ1n) is 12.5. The largest absolute Gasteiger partial charge is 0.353 e. The number of hydrogen-bond donors (Lipinski definition) is 0. The second-order valence-electron chi connectivity index (χ2n) is 9.35. The van der Waals surface area contributed by atoms with Crippen LogP contribution in [0.3, 0.4) is 0 Å². The van der Waals surface area contributed by atoms with Crippen molar-refractivity contribution < 1.29 is 8.42 Å². The maximum Gasteiger partial charge on any atom is 0.218 e. The Labute approximate surface area is 212 Å². The average molecular weight is 505 g/mol. The van der Waals surface area contributed by atoms with Crippen molar-refractivity contribution in [2.24, 2.45) is 0 Å². The summed E-state index contributed by atoms with van der Waals surface area (Å²) in [7, 11) is -3.39. The minimum atomic E-state index is -3.39. The Balaban J connectivity index is 1.44. The van der Waals surface area contributed by atoms with E-state index in [-0.39, 0.29) is 11.7 Å². The van der Waals surface area contributed by atoms with Gasteiger partial charge in [-0.05, 0) is 24.1 Å². The van der Waals surface area contributed by atoms with Crippen LogP contribution < -0.4 is 4.90 Å². The summed E-state index contributed by atoms with van der Waals surface area (Å²) < 4.78 is 29.6. The first-order valence-corrected chi connectivity index (χ1v) is 14.1. The van der Waals surface area contributed by atoms with Crippen molar-refractivity contribution in [1.82, 2.24) is 24.1 Å². The molecule has 5 rings (SSSR count). The fourth-order valence-corrected chi connectivity index (χ4v) is 6.26. The third-order valence-corrected chi connectivity index (χ3v) is 8.56. The summed E-state index contributed by atoms with van der Waals surface area (Å²) in [6.07, 6.45) is 3.87. The zero-order valence-electron chi connectivity index (χ0n) is 20.8. The number of piperazine rings is 1. The quantitative estimate of drug-likeness (QED) is 0.354. The molecule has 36 heavy (non-hydrogen) atoms. The zero-order chi connectivity index (χ0) is 25.1. The van der Waals surface area contributed by atoms with Crippen LogP contribution in [0.25, 0.3) is 16.7 Å². The van der Waals surface area contributed by atoms with Gasteiger partial charge in [-0.1, -0.05) is 68.8 Å². The first kappa shape index (κ1) is 24.4. The van der Waals surface area contributed by atoms with Crippen LogP contribution in [-0.2, 0) is 15.8 Å². The molecule has 188 valence electrons. The summed E-state index contributed by atoms with van der Waals surface area (Å²) in [5.74, 6) is 1.87. The van der Waals surface area contributed by atoms with Gasteiger partial charge in [-0.3, -0.25) is 0 Å². The Morgan fingerprint density at radius 1 is 0.917 bits per heavy atom. The van der Waals surface area contributed by atoms with Crippen LogP contribution in [0, 0.1) is 0 Å². The summed E-state index contributed by atoms with van der Waals surface area (Å²) in [6.45, 7) is 6.31. The molecule has 0 spiro atoms. The van der Waals surface area contributed by atoms with Crippen LogP contribution in [0.2, 0.25) is 0 Å². The molecule has 1 saturated heterocycles.